The molecule has 0 atom stereocenters. The fourth-order valence-corrected chi connectivity index (χ4v) is 2.48. The topological polar surface area (TPSA) is 109 Å². The second kappa shape index (κ2) is 5.80. The van der Waals surface area contributed by atoms with Crippen LogP contribution in [0.4, 0.5) is 5.69 Å². The molecule has 0 spiro atoms. The van der Waals surface area contributed by atoms with Crippen molar-refractivity contribution in [3.8, 4) is 5.75 Å². The summed E-state index contributed by atoms with van der Waals surface area (Å²) in [5.41, 5.74) is 0.334. The predicted molar refractivity (Wildman–Crippen MR) is 77.0 cm³/mol. The van der Waals surface area contributed by atoms with E-state index in [-0.39, 0.29) is 22.7 Å². The minimum Gasteiger partial charge on any atom is -0.505 e. The largest absolute Gasteiger partial charge is 0.505 e. The van der Waals surface area contributed by atoms with Crippen molar-refractivity contribution < 1.29 is 19.8 Å². The van der Waals surface area contributed by atoms with Gasteiger partial charge in [-0.25, -0.2) is 4.79 Å². The number of hydrogen-bond acceptors (Lipinski definition) is 5. The Morgan fingerprint density at radius 2 is 2.10 bits per heavy atom. The molecule has 1 aromatic carbocycles. The Kier molecular flexibility index (Phi) is 4.08. The number of aromatic carboxylic acids is 1. The quantitative estimate of drug-likeness (QED) is 0.737. The predicted octanol–water partition coefficient (Wildman–Crippen LogP) is 1.26. The van der Waals surface area contributed by atoms with Gasteiger partial charge in [0, 0.05) is 11.1 Å². The number of aromatic hydroxyl groups is 1. The van der Waals surface area contributed by atoms with E-state index in [9.17, 15) is 19.5 Å². The number of nitrogens with one attached hydrogen (secondary N) is 1. The summed E-state index contributed by atoms with van der Waals surface area (Å²) in [6, 6.07) is 4.00. The number of phenols is 1. The van der Waals surface area contributed by atoms with Crippen molar-refractivity contribution in [3.63, 3.8) is 0 Å². The number of carboxylic acid groups (broad SMARTS) is 1. The highest BCUT2D eigenvalue weighted by Gasteiger charge is 2.15. The van der Waals surface area contributed by atoms with E-state index in [0.717, 1.165) is 11.3 Å². The third-order valence-electron chi connectivity index (χ3n) is 2.82. The number of thiazole rings is 1. The molecule has 0 bridgehead atoms. The summed E-state index contributed by atoms with van der Waals surface area (Å²) in [5, 5.41) is 22.7. The molecule has 110 valence electrons. The molecule has 0 saturated carbocycles. The van der Waals surface area contributed by atoms with Gasteiger partial charge in [-0.15, -0.1) is 0 Å². The molecular formula is C13H12N2O5S. The fraction of sp³-hybridized carbons (Fsp3) is 0.154. The number of aromatic nitrogens is 1. The molecule has 7 nitrogen and oxygen atoms in total. The summed E-state index contributed by atoms with van der Waals surface area (Å²) < 4.78 is 1.29. The van der Waals surface area contributed by atoms with Crippen LogP contribution in [0.5, 0.6) is 5.75 Å². The van der Waals surface area contributed by atoms with Crippen molar-refractivity contribution in [2.75, 3.05) is 5.32 Å². The van der Waals surface area contributed by atoms with Crippen molar-refractivity contribution in [1.29, 1.82) is 0 Å². The lowest BCUT2D eigenvalue weighted by molar-refractivity contribution is -0.116. The first kappa shape index (κ1) is 14.8. The molecule has 2 rings (SSSR count). The van der Waals surface area contributed by atoms with Gasteiger partial charge in [0.1, 0.15) is 12.1 Å². The summed E-state index contributed by atoms with van der Waals surface area (Å²) >= 11 is 0.989. The number of rotatable bonds is 4. The molecule has 1 heterocycles. The molecule has 21 heavy (non-hydrogen) atoms. The van der Waals surface area contributed by atoms with Crippen LogP contribution in [-0.2, 0) is 11.3 Å². The van der Waals surface area contributed by atoms with E-state index in [1.165, 1.54) is 22.8 Å². The van der Waals surface area contributed by atoms with E-state index < -0.39 is 17.6 Å². The van der Waals surface area contributed by atoms with Gasteiger partial charge in [0.2, 0.25) is 5.91 Å². The monoisotopic (exact) mass is 308 g/mol. The van der Waals surface area contributed by atoms with Crippen molar-refractivity contribution in [3.05, 3.63) is 44.5 Å². The Morgan fingerprint density at radius 1 is 1.38 bits per heavy atom. The first-order chi connectivity index (χ1) is 9.90. The van der Waals surface area contributed by atoms with Crippen LogP contribution in [-0.4, -0.2) is 26.7 Å². The smallest absolute Gasteiger partial charge is 0.339 e. The lowest BCUT2D eigenvalue weighted by atomic mass is 10.1. The van der Waals surface area contributed by atoms with Gasteiger partial charge in [-0.2, -0.15) is 0 Å². The van der Waals surface area contributed by atoms with Crippen LogP contribution in [0.25, 0.3) is 0 Å². The van der Waals surface area contributed by atoms with E-state index in [4.69, 9.17) is 5.11 Å². The number of carbonyl (C=O) groups is 2. The summed E-state index contributed by atoms with van der Waals surface area (Å²) in [5.74, 6) is -2.35. The third-order valence-corrected chi connectivity index (χ3v) is 3.70. The van der Waals surface area contributed by atoms with E-state index >= 15 is 0 Å². The Hall–Kier alpha value is -2.61. The first-order valence-electron chi connectivity index (χ1n) is 5.90. The lowest BCUT2D eigenvalue weighted by Crippen LogP contribution is -2.25. The van der Waals surface area contributed by atoms with Crippen LogP contribution in [0, 0.1) is 6.92 Å². The normalized spacial score (nSPS) is 10.3. The number of aryl methyl sites for hydroxylation is 1. The SMILES string of the molecule is Cc1csc(=O)n1CC(=O)Nc1cccc(C(=O)O)c1O. The maximum Gasteiger partial charge on any atom is 0.339 e. The Bertz CT molecular complexity index is 762. The number of nitrogens with zero attached hydrogens (tertiary/aromatic N) is 1. The number of anilines is 1. The van der Waals surface area contributed by atoms with E-state index in [1.54, 1.807) is 12.3 Å². The van der Waals surface area contributed by atoms with Crippen LogP contribution in [0.2, 0.25) is 0 Å². The maximum atomic E-state index is 11.9. The molecule has 0 aliphatic carbocycles. The molecule has 1 amide bonds. The second-order valence-corrected chi connectivity index (χ2v) is 5.10. The van der Waals surface area contributed by atoms with Crippen LogP contribution in [0.15, 0.2) is 28.4 Å². The van der Waals surface area contributed by atoms with Gasteiger partial charge in [-0.1, -0.05) is 17.4 Å². The van der Waals surface area contributed by atoms with Crippen LogP contribution in [0.1, 0.15) is 16.1 Å². The highest BCUT2D eigenvalue weighted by Crippen LogP contribution is 2.27. The minimum atomic E-state index is -1.30. The van der Waals surface area contributed by atoms with Gasteiger partial charge < -0.3 is 15.5 Å². The highest BCUT2D eigenvalue weighted by atomic mass is 32.1. The Labute approximate surface area is 123 Å². The lowest BCUT2D eigenvalue weighted by Gasteiger charge is -2.09. The van der Waals surface area contributed by atoms with Crippen LogP contribution in [0.3, 0.4) is 0 Å². The van der Waals surface area contributed by atoms with E-state index in [2.05, 4.69) is 5.32 Å². The molecule has 0 saturated heterocycles. The summed E-state index contributed by atoms with van der Waals surface area (Å²) in [6.45, 7) is 1.50. The second-order valence-electron chi connectivity index (χ2n) is 4.28. The average Bonchev–Trinajstić information content (AvgIpc) is 2.72. The van der Waals surface area contributed by atoms with Crippen molar-refractivity contribution >= 4 is 28.9 Å². The Morgan fingerprint density at radius 3 is 2.67 bits per heavy atom. The van der Waals surface area contributed by atoms with Crippen LogP contribution >= 0.6 is 11.3 Å². The molecule has 0 aliphatic rings. The zero-order chi connectivity index (χ0) is 15.6. The number of para-hydroxylation sites is 1. The zero-order valence-electron chi connectivity index (χ0n) is 11.0. The summed E-state index contributed by atoms with van der Waals surface area (Å²) in [7, 11) is 0. The molecular weight excluding hydrogens is 296 g/mol. The fourth-order valence-electron chi connectivity index (χ4n) is 1.75. The molecule has 8 heteroatoms. The standard InChI is InChI=1S/C13H12N2O5S/c1-7-6-21-13(20)15(7)5-10(16)14-9-4-2-3-8(11(9)17)12(18)19/h2-4,6,17H,5H2,1H3,(H,14,16)(H,18,19). The molecule has 3 N–H and O–H groups in total. The summed E-state index contributed by atoms with van der Waals surface area (Å²) in [6.07, 6.45) is 0. The zero-order valence-corrected chi connectivity index (χ0v) is 11.8. The molecule has 0 fully saturated rings. The average molecular weight is 308 g/mol. The number of benzene rings is 1. The van der Waals surface area contributed by atoms with Crippen LogP contribution < -0.4 is 10.2 Å². The number of amides is 1. The van der Waals surface area contributed by atoms with Crippen molar-refractivity contribution in [1.82, 2.24) is 4.57 Å². The molecule has 2 aromatic rings. The van der Waals surface area contributed by atoms with Gasteiger partial charge in [0.25, 0.3) is 0 Å². The maximum absolute atomic E-state index is 11.9. The van der Waals surface area contributed by atoms with Gasteiger partial charge in [-0.05, 0) is 19.1 Å². The molecule has 0 aliphatic heterocycles. The van der Waals surface area contributed by atoms with Crippen molar-refractivity contribution in [2.24, 2.45) is 0 Å². The van der Waals surface area contributed by atoms with Gasteiger partial charge in [0.15, 0.2) is 5.75 Å². The summed E-state index contributed by atoms with van der Waals surface area (Å²) in [4.78, 5) is 34.0. The number of carbonyl (C=O) groups excluding carboxylic acids is 1. The van der Waals surface area contributed by atoms with Gasteiger partial charge >= 0.3 is 10.8 Å². The Balaban J connectivity index is 2.19. The number of carboxylic acids is 1. The molecule has 1 aromatic heterocycles. The van der Waals surface area contributed by atoms with Crippen molar-refractivity contribution in [2.45, 2.75) is 13.5 Å². The van der Waals surface area contributed by atoms with Gasteiger partial charge in [-0.3, -0.25) is 14.2 Å². The number of hydrogen-bond donors (Lipinski definition) is 3. The molecule has 0 unspecified atom stereocenters. The minimum absolute atomic E-state index is 0.0131. The highest BCUT2D eigenvalue weighted by molar-refractivity contribution is 7.07. The third kappa shape index (κ3) is 3.11. The molecule has 0 radical (unpaired) electrons. The van der Waals surface area contributed by atoms with E-state index in [0.29, 0.717) is 5.69 Å². The van der Waals surface area contributed by atoms with Gasteiger partial charge in [0.05, 0.1) is 5.69 Å². The van der Waals surface area contributed by atoms with E-state index in [1.807, 2.05) is 0 Å². The first-order valence-corrected chi connectivity index (χ1v) is 6.78.